The van der Waals surface area contributed by atoms with Gasteiger partial charge in [0.25, 0.3) is 0 Å². The van der Waals surface area contributed by atoms with E-state index in [-0.39, 0.29) is 17.8 Å². The number of piperidine rings is 1. The molecule has 0 saturated carbocycles. The summed E-state index contributed by atoms with van der Waals surface area (Å²) in [5, 5.41) is 6.64. The molecule has 2 amide bonds. The Morgan fingerprint density at radius 1 is 1.35 bits per heavy atom. The van der Waals surface area contributed by atoms with Crippen molar-refractivity contribution in [3.8, 4) is 0 Å². The minimum atomic E-state index is -0.309. The molecule has 1 N–H and O–H groups in total. The van der Waals surface area contributed by atoms with Crippen molar-refractivity contribution >= 4 is 11.7 Å². The maximum absolute atomic E-state index is 13.1. The summed E-state index contributed by atoms with van der Waals surface area (Å²) < 4.78 is 18.3. The fraction of sp³-hybridized carbons (Fsp3) is 0.438. The maximum atomic E-state index is 13.1. The molecule has 122 valence electrons. The number of halogens is 1. The summed E-state index contributed by atoms with van der Waals surface area (Å²) in [7, 11) is 0. The first-order valence-electron chi connectivity index (χ1n) is 7.65. The van der Waals surface area contributed by atoms with Crippen molar-refractivity contribution in [2.45, 2.75) is 32.6 Å². The molecule has 1 aliphatic heterocycles. The van der Waals surface area contributed by atoms with Gasteiger partial charge in [0.2, 0.25) is 5.89 Å². The Balaban J connectivity index is 1.58. The number of rotatable bonds is 2. The predicted molar refractivity (Wildman–Crippen MR) is 82.7 cm³/mol. The van der Waals surface area contributed by atoms with Crippen LogP contribution in [0.3, 0.4) is 0 Å². The number of amides is 2. The highest BCUT2D eigenvalue weighted by Crippen LogP contribution is 2.27. The number of nitrogens with one attached hydrogen (secondary N) is 1. The van der Waals surface area contributed by atoms with Crippen LogP contribution in [0.5, 0.6) is 0 Å². The van der Waals surface area contributed by atoms with Crippen LogP contribution in [0.4, 0.5) is 14.9 Å². The lowest BCUT2D eigenvalue weighted by atomic mass is 9.97. The van der Waals surface area contributed by atoms with Crippen molar-refractivity contribution in [1.29, 1.82) is 0 Å². The van der Waals surface area contributed by atoms with Gasteiger partial charge in [-0.05, 0) is 50.5 Å². The van der Waals surface area contributed by atoms with E-state index in [2.05, 4.69) is 15.5 Å². The zero-order valence-electron chi connectivity index (χ0n) is 13.2. The summed E-state index contributed by atoms with van der Waals surface area (Å²) in [6.07, 6.45) is 1.58. The number of benzene rings is 1. The molecule has 0 radical (unpaired) electrons. The highest BCUT2D eigenvalue weighted by atomic mass is 19.1. The number of aryl methyl sites for hydroxylation is 2. The van der Waals surface area contributed by atoms with E-state index in [9.17, 15) is 9.18 Å². The topological polar surface area (TPSA) is 71.3 Å². The quantitative estimate of drug-likeness (QED) is 0.923. The van der Waals surface area contributed by atoms with E-state index in [0.717, 1.165) is 12.8 Å². The first kappa shape index (κ1) is 15.5. The van der Waals surface area contributed by atoms with Gasteiger partial charge in [-0.2, -0.15) is 4.98 Å². The maximum Gasteiger partial charge on any atom is 0.321 e. The number of hydrogen-bond donors (Lipinski definition) is 1. The smallest absolute Gasteiger partial charge is 0.321 e. The van der Waals surface area contributed by atoms with E-state index in [1.54, 1.807) is 24.8 Å². The van der Waals surface area contributed by atoms with E-state index in [4.69, 9.17) is 4.52 Å². The van der Waals surface area contributed by atoms with E-state index in [0.29, 0.717) is 36.1 Å². The van der Waals surface area contributed by atoms with Crippen molar-refractivity contribution in [3.63, 3.8) is 0 Å². The number of likely N-dealkylation sites (tertiary alicyclic amines) is 1. The summed E-state index contributed by atoms with van der Waals surface area (Å²) in [5.74, 6) is 1.17. The predicted octanol–water partition coefficient (Wildman–Crippen LogP) is 3.24. The largest absolute Gasteiger partial charge is 0.339 e. The van der Waals surface area contributed by atoms with Crippen LogP contribution in [0.2, 0.25) is 0 Å². The van der Waals surface area contributed by atoms with Gasteiger partial charge in [0.1, 0.15) is 5.82 Å². The van der Waals surface area contributed by atoms with Crippen molar-refractivity contribution in [2.24, 2.45) is 0 Å². The van der Waals surface area contributed by atoms with Crippen molar-refractivity contribution < 1.29 is 13.7 Å². The SMILES string of the molecule is Cc1noc(C2CCN(C(=O)Nc3ccc(F)cc3C)CC2)n1. The van der Waals surface area contributed by atoms with Gasteiger partial charge in [0, 0.05) is 24.7 Å². The fourth-order valence-corrected chi connectivity index (χ4v) is 2.77. The Morgan fingerprint density at radius 2 is 2.09 bits per heavy atom. The summed E-state index contributed by atoms with van der Waals surface area (Å²) in [5.41, 5.74) is 1.33. The first-order valence-corrected chi connectivity index (χ1v) is 7.65. The molecule has 1 fully saturated rings. The van der Waals surface area contributed by atoms with E-state index in [1.165, 1.54) is 12.1 Å². The number of hydrogen-bond acceptors (Lipinski definition) is 4. The van der Waals surface area contributed by atoms with Gasteiger partial charge in [-0.3, -0.25) is 0 Å². The molecule has 0 spiro atoms. The molecule has 6 nitrogen and oxygen atoms in total. The molecule has 1 aliphatic rings. The van der Waals surface area contributed by atoms with Crippen LogP contribution in [0.15, 0.2) is 22.7 Å². The molecule has 3 rings (SSSR count). The van der Waals surface area contributed by atoms with Gasteiger partial charge in [-0.15, -0.1) is 0 Å². The van der Waals surface area contributed by atoms with Gasteiger partial charge in [0.15, 0.2) is 5.82 Å². The van der Waals surface area contributed by atoms with Crippen LogP contribution < -0.4 is 5.32 Å². The second-order valence-electron chi connectivity index (χ2n) is 5.83. The lowest BCUT2D eigenvalue weighted by molar-refractivity contribution is 0.187. The molecule has 7 heteroatoms. The Labute approximate surface area is 133 Å². The zero-order valence-corrected chi connectivity index (χ0v) is 13.2. The number of carbonyl (C=O) groups is 1. The van der Waals surface area contributed by atoms with E-state index >= 15 is 0 Å². The monoisotopic (exact) mass is 318 g/mol. The number of nitrogens with zero attached hydrogens (tertiary/aromatic N) is 3. The third-order valence-electron chi connectivity index (χ3n) is 4.10. The van der Waals surface area contributed by atoms with Gasteiger partial charge < -0.3 is 14.7 Å². The number of urea groups is 1. The molecule has 1 aromatic heterocycles. The highest BCUT2D eigenvalue weighted by molar-refractivity contribution is 5.90. The molecule has 2 heterocycles. The second kappa shape index (κ2) is 6.36. The Hall–Kier alpha value is -2.44. The third-order valence-corrected chi connectivity index (χ3v) is 4.10. The Kier molecular flexibility index (Phi) is 4.27. The van der Waals surface area contributed by atoms with Crippen LogP contribution >= 0.6 is 0 Å². The normalized spacial score (nSPS) is 15.7. The van der Waals surface area contributed by atoms with Gasteiger partial charge >= 0.3 is 6.03 Å². The lowest BCUT2D eigenvalue weighted by Gasteiger charge is -2.30. The zero-order chi connectivity index (χ0) is 16.4. The van der Waals surface area contributed by atoms with Crippen LogP contribution in [-0.2, 0) is 0 Å². The fourth-order valence-electron chi connectivity index (χ4n) is 2.77. The Bertz CT molecular complexity index is 708. The summed E-state index contributed by atoms with van der Waals surface area (Å²) in [6.45, 7) is 4.81. The van der Waals surface area contributed by atoms with Crippen molar-refractivity contribution in [2.75, 3.05) is 18.4 Å². The average Bonchev–Trinajstić information content (AvgIpc) is 2.97. The summed E-state index contributed by atoms with van der Waals surface area (Å²) in [6, 6.07) is 4.16. The summed E-state index contributed by atoms with van der Waals surface area (Å²) >= 11 is 0. The lowest BCUT2D eigenvalue weighted by Crippen LogP contribution is -2.40. The molecule has 0 bridgehead atoms. The number of anilines is 1. The Morgan fingerprint density at radius 3 is 2.70 bits per heavy atom. The molecular formula is C16H19FN4O2. The highest BCUT2D eigenvalue weighted by Gasteiger charge is 2.27. The number of carbonyl (C=O) groups excluding carboxylic acids is 1. The standard InChI is InChI=1S/C16H19FN4O2/c1-10-9-13(17)3-4-14(10)19-16(22)21-7-5-12(6-8-21)15-18-11(2)20-23-15/h3-4,9,12H,5-8H2,1-2H3,(H,19,22). The average molecular weight is 318 g/mol. The van der Waals surface area contributed by atoms with Crippen molar-refractivity contribution in [1.82, 2.24) is 15.0 Å². The van der Waals surface area contributed by atoms with Crippen LogP contribution in [0.25, 0.3) is 0 Å². The molecule has 2 aromatic rings. The molecule has 0 unspecified atom stereocenters. The molecule has 0 atom stereocenters. The second-order valence-corrected chi connectivity index (χ2v) is 5.83. The molecule has 1 aromatic carbocycles. The number of aromatic nitrogens is 2. The summed E-state index contributed by atoms with van der Waals surface area (Å²) in [4.78, 5) is 18.3. The van der Waals surface area contributed by atoms with E-state index < -0.39 is 0 Å². The molecular weight excluding hydrogens is 299 g/mol. The molecule has 23 heavy (non-hydrogen) atoms. The van der Waals surface area contributed by atoms with Crippen LogP contribution in [0, 0.1) is 19.7 Å². The van der Waals surface area contributed by atoms with Gasteiger partial charge in [-0.25, -0.2) is 9.18 Å². The minimum Gasteiger partial charge on any atom is -0.339 e. The van der Waals surface area contributed by atoms with Gasteiger partial charge in [-0.1, -0.05) is 5.16 Å². The van der Waals surface area contributed by atoms with Crippen molar-refractivity contribution in [3.05, 3.63) is 41.3 Å². The van der Waals surface area contributed by atoms with Crippen LogP contribution in [0.1, 0.15) is 36.0 Å². The molecule has 0 aliphatic carbocycles. The molecule has 1 saturated heterocycles. The first-order chi connectivity index (χ1) is 11.0. The van der Waals surface area contributed by atoms with Gasteiger partial charge in [0.05, 0.1) is 0 Å². The third kappa shape index (κ3) is 3.49. The van der Waals surface area contributed by atoms with E-state index in [1.807, 2.05) is 0 Å². The minimum absolute atomic E-state index is 0.167. The van der Waals surface area contributed by atoms with Crippen LogP contribution in [-0.4, -0.2) is 34.2 Å².